The highest BCUT2D eigenvalue weighted by Gasteiger charge is 2.27. The first kappa shape index (κ1) is 15.4. The van der Waals surface area contributed by atoms with Crippen molar-refractivity contribution in [3.8, 4) is 11.3 Å². The highest BCUT2D eigenvalue weighted by atomic mass is 16.2. The zero-order valence-electron chi connectivity index (χ0n) is 13.6. The minimum Gasteiger partial charge on any atom is -0.328 e. The van der Waals surface area contributed by atoms with E-state index >= 15 is 0 Å². The van der Waals surface area contributed by atoms with E-state index in [0.29, 0.717) is 23.6 Å². The summed E-state index contributed by atoms with van der Waals surface area (Å²) in [6.45, 7) is 4.64. The summed E-state index contributed by atoms with van der Waals surface area (Å²) < 4.78 is 0. The van der Waals surface area contributed by atoms with Gasteiger partial charge < -0.3 is 4.90 Å². The third kappa shape index (κ3) is 3.16. The van der Waals surface area contributed by atoms with E-state index in [4.69, 9.17) is 0 Å². The molecule has 0 radical (unpaired) electrons. The first-order chi connectivity index (χ1) is 11.2. The van der Waals surface area contributed by atoms with Crippen LogP contribution in [-0.2, 0) is 0 Å². The maximum absolute atomic E-state index is 13.0. The van der Waals surface area contributed by atoms with Crippen LogP contribution in [0.2, 0.25) is 0 Å². The zero-order chi connectivity index (χ0) is 16.2. The first-order valence-corrected chi connectivity index (χ1v) is 8.07. The summed E-state index contributed by atoms with van der Waals surface area (Å²) >= 11 is 0. The van der Waals surface area contributed by atoms with E-state index in [1.807, 2.05) is 42.2 Å². The van der Waals surface area contributed by atoms with Gasteiger partial charge in [-0.05, 0) is 13.3 Å². The number of amides is 1. The molecule has 0 N–H and O–H groups in total. The summed E-state index contributed by atoms with van der Waals surface area (Å²) in [7, 11) is 0. The van der Waals surface area contributed by atoms with Gasteiger partial charge in [0.25, 0.3) is 5.91 Å². The molecule has 4 heteroatoms. The molecule has 0 bridgehead atoms. The second kappa shape index (κ2) is 6.73. The number of benzene rings is 1. The van der Waals surface area contributed by atoms with Gasteiger partial charge >= 0.3 is 0 Å². The predicted molar refractivity (Wildman–Crippen MR) is 91.1 cm³/mol. The minimum atomic E-state index is 0.00676. The number of hydrogen-bond donors (Lipinski definition) is 0. The molecule has 23 heavy (non-hydrogen) atoms. The van der Waals surface area contributed by atoms with Crippen molar-refractivity contribution in [2.24, 2.45) is 0 Å². The van der Waals surface area contributed by atoms with Gasteiger partial charge in [-0.1, -0.05) is 55.8 Å². The van der Waals surface area contributed by atoms with Gasteiger partial charge in [-0.3, -0.25) is 4.79 Å². The molecule has 1 atom stereocenters. The lowest BCUT2D eigenvalue weighted by Crippen LogP contribution is -2.36. The molecule has 1 aliphatic rings. The molecule has 3 rings (SSSR count). The molecule has 2 heterocycles. The summed E-state index contributed by atoms with van der Waals surface area (Å²) in [4.78, 5) is 23.7. The van der Waals surface area contributed by atoms with E-state index < -0.39 is 0 Å². The van der Waals surface area contributed by atoms with Crippen molar-refractivity contribution in [2.75, 3.05) is 6.54 Å². The number of nitrogens with zero attached hydrogens (tertiary/aromatic N) is 3. The lowest BCUT2D eigenvalue weighted by molar-refractivity contribution is 0.0744. The number of aryl methyl sites for hydroxylation is 1. The molecule has 1 aromatic heterocycles. The molecule has 118 valence electrons. The Morgan fingerprint density at radius 3 is 2.83 bits per heavy atom. The van der Waals surface area contributed by atoms with Crippen molar-refractivity contribution in [3.63, 3.8) is 0 Å². The molecule has 0 saturated carbocycles. The van der Waals surface area contributed by atoms with E-state index in [1.165, 1.54) is 0 Å². The van der Waals surface area contributed by atoms with Crippen LogP contribution in [0.5, 0.6) is 0 Å². The van der Waals surface area contributed by atoms with Crippen LogP contribution in [0.25, 0.3) is 11.3 Å². The molecule has 1 aliphatic heterocycles. The molecule has 0 unspecified atom stereocenters. The Morgan fingerprint density at radius 1 is 1.30 bits per heavy atom. The maximum Gasteiger partial charge on any atom is 0.258 e. The fourth-order valence-electron chi connectivity index (χ4n) is 2.95. The third-order valence-corrected chi connectivity index (χ3v) is 4.09. The average molecular weight is 307 g/mol. The molecule has 1 amide bonds. The van der Waals surface area contributed by atoms with Crippen molar-refractivity contribution in [1.82, 2.24) is 14.9 Å². The lowest BCUT2D eigenvalue weighted by Gasteiger charge is -2.25. The third-order valence-electron chi connectivity index (χ3n) is 4.09. The Labute approximate surface area is 136 Å². The van der Waals surface area contributed by atoms with Crippen molar-refractivity contribution >= 4 is 5.91 Å². The van der Waals surface area contributed by atoms with Crippen LogP contribution in [0.3, 0.4) is 0 Å². The number of hydrogen-bond acceptors (Lipinski definition) is 3. The number of aromatic nitrogens is 2. The Bertz CT molecular complexity index is 725. The summed E-state index contributed by atoms with van der Waals surface area (Å²) in [5.74, 6) is 0.678. The van der Waals surface area contributed by atoms with Gasteiger partial charge in [0.2, 0.25) is 0 Å². The largest absolute Gasteiger partial charge is 0.328 e. The van der Waals surface area contributed by atoms with Gasteiger partial charge in [0.05, 0.1) is 17.3 Å². The topological polar surface area (TPSA) is 46.1 Å². The standard InChI is InChI=1S/C19H21N3O/c1-3-8-16-11-7-12-22(16)19(23)17-13-20-14(2)21-18(17)15-9-5-4-6-10-15/h4-7,9-11,13,16H,3,8,12H2,1-2H3/t16-/m0/s1. The van der Waals surface area contributed by atoms with Gasteiger partial charge in [-0.2, -0.15) is 0 Å². The van der Waals surface area contributed by atoms with E-state index in [0.717, 1.165) is 18.4 Å². The van der Waals surface area contributed by atoms with E-state index in [1.54, 1.807) is 6.20 Å². The van der Waals surface area contributed by atoms with Crippen molar-refractivity contribution in [3.05, 3.63) is 60.1 Å². The van der Waals surface area contributed by atoms with Gasteiger partial charge in [-0.15, -0.1) is 0 Å². The Hall–Kier alpha value is -2.49. The van der Waals surface area contributed by atoms with E-state index in [2.05, 4.69) is 29.0 Å². The molecule has 0 fully saturated rings. The Morgan fingerprint density at radius 2 is 2.09 bits per heavy atom. The van der Waals surface area contributed by atoms with E-state index in [9.17, 15) is 4.79 Å². The zero-order valence-corrected chi connectivity index (χ0v) is 13.6. The van der Waals surface area contributed by atoms with E-state index in [-0.39, 0.29) is 11.9 Å². The predicted octanol–water partition coefficient (Wildman–Crippen LogP) is 3.63. The monoisotopic (exact) mass is 307 g/mol. The summed E-state index contributed by atoms with van der Waals surface area (Å²) in [6.07, 6.45) is 7.88. The molecule has 0 spiro atoms. The number of carbonyl (C=O) groups excluding carboxylic acids is 1. The highest BCUT2D eigenvalue weighted by Crippen LogP contribution is 2.25. The van der Waals surface area contributed by atoms with Gasteiger partial charge in [0.15, 0.2) is 0 Å². The van der Waals surface area contributed by atoms with Crippen LogP contribution in [0.15, 0.2) is 48.7 Å². The molecule has 4 nitrogen and oxygen atoms in total. The molecule has 0 saturated heterocycles. The Kier molecular flexibility index (Phi) is 4.51. The molecule has 0 aliphatic carbocycles. The first-order valence-electron chi connectivity index (χ1n) is 8.07. The smallest absolute Gasteiger partial charge is 0.258 e. The summed E-state index contributed by atoms with van der Waals surface area (Å²) in [5.41, 5.74) is 2.23. The quantitative estimate of drug-likeness (QED) is 0.810. The lowest BCUT2D eigenvalue weighted by atomic mass is 10.1. The molecular weight excluding hydrogens is 286 g/mol. The number of rotatable bonds is 4. The van der Waals surface area contributed by atoms with Gasteiger partial charge in [-0.25, -0.2) is 9.97 Å². The van der Waals surface area contributed by atoms with Crippen LogP contribution in [0, 0.1) is 6.92 Å². The maximum atomic E-state index is 13.0. The fourth-order valence-corrected chi connectivity index (χ4v) is 2.95. The van der Waals surface area contributed by atoms with Crippen molar-refractivity contribution < 1.29 is 4.79 Å². The Balaban J connectivity index is 1.98. The average Bonchev–Trinajstić information content (AvgIpc) is 3.04. The van der Waals surface area contributed by atoms with Crippen molar-refractivity contribution in [1.29, 1.82) is 0 Å². The minimum absolute atomic E-state index is 0.00676. The normalized spacial score (nSPS) is 16.8. The van der Waals surface area contributed by atoms with Crippen LogP contribution in [0.4, 0.5) is 0 Å². The van der Waals surface area contributed by atoms with Crippen LogP contribution in [-0.4, -0.2) is 33.4 Å². The van der Waals surface area contributed by atoms with Crippen LogP contribution in [0.1, 0.15) is 35.9 Å². The van der Waals surface area contributed by atoms with Crippen LogP contribution >= 0.6 is 0 Å². The van der Waals surface area contributed by atoms with Crippen LogP contribution < -0.4 is 0 Å². The highest BCUT2D eigenvalue weighted by molar-refractivity contribution is 6.00. The summed E-state index contributed by atoms with van der Waals surface area (Å²) in [6, 6.07) is 10.0. The van der Waals surface area contributed by atoms with Crippen molar-refractivity contribution in [2.45, 2.75) is 32.7 Å². The van der Waals surface area contributed by atoms with Gasteiger partial charge in [0, 0.05) is 18.3 Å². The SMILES string of the molecule is CCC[C@H]1C=CCN1C(=O)c1cnc(C)nc1-c1ccccc1. The second-order valence-corrected chi connectivity index (χ2v) is 5.79. The summed E-state index contributed by atoms with van der Waals surface area (Å²) in [5, 5.41) is 0. The molecule has 1 aromatic carbocycles. The van der Waals surface area contributed by atoms with Gasteiger partial charge in [0.1, 0.15) is 5.82 Å². The fraction of sp³-hybridized carbons (Fsp3) is 0.316. The number of carbonyl (C=O) groups is 1. The molecular formula is C19H21N3O. The second-order valence-electron chi connectivity index (χ2n) is 5.79. The molecule has 2 aromatic rings.